The van der Waals surface area contributed by atoms with Crippen LogP contribution in [0, 0.1) is 0 Å². The number of carbonyl (C=O) groups excluding carboxylic acids is 3. The number of aliphatic imine (C=N–C) groups is 2. The van der Waals surface area contributed by atoms with E-state index in [0.717, 1.165) is 0 Å². The number of Topliss-reactive ketones (excluding diaryl/α,β-unsaturated/α-hetero) is 1. The minimum absolute atomic E-state index is 0.0804. The van der Waals surface area contributed by atoms with E-state index in [1.54, 1.807) is 54.6 Å². The molecule has 5 nitrogen and oxygen atoms in total. The summed E-state index contributed by atoms with van der Waals surface area (Å²) in [5.74, 6) is -0.194. The van der Waals surface area contributed by atoms with Gasteiger partial charge in [0.15, 0.2) is 5.78 Å². The predicted octanol–water partition coefficient (Wildman–Crippen LogP) is 2.16. The van der Waals surface area contributed by atoms with Crippen molar-refractivity contribution >= 4 is 17.9 Å². The molecule has 0 saturated heterocycles. The number of carbonyl (C=O) groups is 1. The van der Waals surface area contributed by atoms with Crippen LogP contribution in [-0.2, 0) is 9.59 Å². The van der Waals surface area contributed by atoms with Crippen molar-refractivity contribution in [3.8, 4) is 0 Å². The maximum absolute atomic E-state index is 12.4. The van der Waals surface area contributed by atoms with Crippen molar-refractivity contribution in [3.63, 3.8) is 0 Å². The van der Waals surface area contributed by atoms with Gasteiger partial charge in [-0.3, -0.25) is 4.79 Å². The van der Waals surface area contributed by atoms with Gasteiger partial charge < -0.3 is 0 Å². The van der Waals surface area contributed by atoms with Crippen molar-refractivity contribution in [2.24, 2.45) is 9.98 Å². The van der Waals surface area contributed by atoms with Crippen LogP contribution < -0.4 is 0 Å². The van der Waals surface area contributed by atoms with Crippen LogP contribution in [0.4, 0.5) is 0 Å². The molecule has 1 aliphatic carbocycles. The van der Waals surface area contributed by atoms with Crippen molar-refractivity contribution in [3.05, 3.63) is 60.2 Å². The molecule has 0 fully saturated rings. The SMILES string of the molecule is O=C=NC1C=CC=CC1(CC(=O)c1ccccc1)N=C=O. The highest BCUT2D eigenvalue weighted by Gasteiger charge is 2.39. The normalized spacial score (nSPS) is 23.0. The van der Waals surface area contributed by atoms with Gasteiger partial charge in [-0.15, -0.1) is 0 Å². The third-order valence-electron chi connectivity index (χ3n) is 3.29. The summed E-state index contributed by atoms with van der Waals surface area (Å²) in [6.45, 7) is 0. The number of nitrogens with zero attached hydrogens (tertiary/aromatic N) is 2. The molecule has 0 aliphatic heterocycles. The summed E-state index contributed by atoms with van der Waals surface area (Å²) in [4.78, 5) is 41.0. The highest BCUT2D eigenvalue weighted by molar-refractivity contribution is 5.97. The summed E-state index contributed by atoms with van der Waals surface area (Å²) < 4.78 is 0. The molecule has 2 rings (SSSR count). The Morgan fingerprint density at radius 2 is 1.90 bits per heavy atom. The van der Waals surface area contributed by atoms with E-state index in [1.807, 2.05) is 0 Å². The van der Waals surface area contributed by atoms with Crippen molar-refractivity contribution < 1.29 is 14.4 Å². The van der Waals surface area contributed by atoms with Crippen LogP contribution >= 0.6 is 0 Å². The number of rotatable bonds is 5. The van der Waals surface area contributed by atoms with E-state index in [0.29, 0.717) is 5.56 Å². The molecule has 0 amide bonds. The van der Waals surface area contributed by atoms with Gasteiger partial charge in [0.2, 0.25) is 12.2 Å². The smallest absolute Gasteiger partial charge is 0.235 e. The fourth-order valence-corrected chi connectivity index (χ4v) is 2.24. The fraction of sp³-hybridized carbons (Fsp3) is 0.188. The third-order valence-corrected chi connectivity index (χ3v) is 3.29. The van der Waals surface area contributed by atoms with Crippen molar-refractivity contribution in [1.29, 1.82) is 0 Å². The van der Waals surface area contributed by atoms with Crippen LogP contribution in [0.1, 0.15) is 16.8 Å². The maximum atomic E-state index is 12.4. The first kappa shape index (κ1) is 14.5. The Balaban J connectivity index is 2.37. The molecule has 2 unspecified atom stereocenters. The van der Waals surface area contributed by atoms with Crippen LogP contribution in [0.5, 0.6) is 0 Å². The van der Waals surface area contributed by atoms with E-state index in [2.05, 4.69) is 9.98 Å². The Morgan fingerprint density at radius 1 is 1.14 bits per heavy atom. The molecule has 21 heavy (non-hydrogen) atoms. The van der Waals surface area contributed by atoms with Crippen LogP contribution in [0.25, 0.3) is 0 Å². The topological polar surface area (TPSA) is 75.9 Å². The van der Waals surface area contributed by atoms with E-state index in [-0.39, 0.29) is 12.2 Å². The van der Waals surface area contributed by atoms with E-state index in [1.165, 1.54) is 12.2 Å². The Morgan fingerprint density at radius 3 is 2.57 bits per heavy atom. The largest absolute Gasteiger partial charge is 0.294 e. The lowest BCUT2D eigenvalue weighted by Crippen LogP contribution is -2.39. The number of hydrogen-bond donors (Lipinski definition) is 0. The van der Waals surface area contributed by atoms with E-state index in [4.69, 9.17) is 0 Å². The molecule has 0 N–H and O–H groups in total. The molecule has 104 valence electrons. The summed E-state index contributed by atoms with van der Waals surface area (Å²) in [6.07, 6.45) is 9.37. The zero-order chi connectivity index (χ0) is 15.1. The van der Waals surface area contributed by atoms with Gasteiger partial charge >= 0.3 is 0 Å². The van der Waals surface area contributed by atoms with Crippen molar-refractivity contribution in [2.75, 3.05) is 0 Å². The maximum Gasteiger partial charge on any atom is 0.235 e. The number of isocyanates is 2. The van der Waals surface area contributed by atoms with E-state index in [9.17, 15) is 14.4 Å². The zero-order valence-corrected chi connectivity index (χ0v) is 11.1. The molecule has 1 aromatic carbocycles. The second-order valence-corrected chi connectivity index (χ2v) is 4.57. The first-order chi connectivity index (χ1) is 10.2. The molecule has 0 radical (unpaired) electrons. The highest BCUT2D eigenvalue weighted by atomic mass is 16.1. The monoisotopic (exact) mass is 280 g/mol. The van der Waals surface area contributed by atoms with Gasteiger partial charge in [-0.1, -0.05) is 54.6 Å². The summed E-state index contributed by atoms with van der Waals surface area (Å²) in [5.41, 5.74) is -0.712. The summed E-state index contributed by atoms with van der Waals surface area (Å²) >= 11 is 0. The van der Waals surface area contributed by atoms with Gasteiger partial charge in [0, 0.05) is 12.0 Å². The molecule has 5 heteroatoms. The summed E-state index contributed by atoms with van der Waals surface area (Å²) in [5, 5.41) is 0. The third kappa shape index (κ3) is 3.18. The quantitative estimate of drug-likeness (QED) is 0.471. The van der Waals surface area contributed by atoms with E-state index < -0.39 is 11.6 Å². The van der Waals surface area contributed by atoms with Crippen LogP contribution in [0.3, 0.4) is 0 Å². The number of hydrogen-bond acceptors (Lipinski definition) is 5. The highest BCUT2D eigenvalue weighted by Crippen LogP contribution is 2.30. The lowest BCUT2D eigenvalue weighted by atomic mass is 9.81. The molecule has 1 aromatic rings. The van der Waals surface area contributed by atoms with E-state index >= 15 is 0 Å². The number of allylic oxidation sites excluding steroid dienone is 2. The minimum atomic E-state index is -1.22. The van der Waals surface area contributed by atoms with Gasteiger partial charge in [0.05, 0.1) is 0 Å². The van der Waals surface area contributed by atoms with Gasteiger partial charge in [-0.2, -0.15) is 9.98 Å². The van der Waals surface area contributed by atoms with Crippen molar-refractivity contribution in [2.45, 2.75) is 18.0 Å². The molecule has 1 aliphatic rings. The minimum Gasteiger partial charge on any atom is -0.294 e. The van der Waals surface area contributed by atoms with Gasteiger partial charge in [0.25, 0.3) is 0 Å². The standard InChI is InChI=1S/C16H12N2O3/c19-11-17-15-8-4-5-9-16(15,18-12-20)10-14(21)13-6-2-1-3-7-13/h1-9,15H,10H2. The van der Waals surface area contributed by atoms with Crippen LogP contribution in [0.15, 0.2) is 64.6 Å². The van der Waals surface area contributed by atoms with Crippen LogP contribution in [0.2, 0.25) is 0 Å². The molecule has 0 saturated carbocycles. The molecule has 0 heterocycles. The average Bonchev–Trinajstić information content (AvgIpc) is 2.51. The summed E-state index contributed by atoms with van der Waals surface area (Å²) in [7, 11) is 0. The first-order valence-corrected chi connectivity index (χ1v) is 6.32. The Hall–Kier alpha value is -2.87. The lowest BCUT2D eigenvalue weighted by Gasteiger charge is -2.29. The Kier molecular flexibility index (Phi) is 4.52. The molecular formula is C16H12N2O3. The zero-order valence-electron chi connectivity index (χ0n) is 11.1. The molecule has 0 bridgehead atoms. The molecule has 0 spiro atoms. The molecule has 2 atom stereocenters. The number of ketones is 1. The van der Waals surface area contributed by atoms with Crippen molar-refractivity contribution in [1.82, 2.24) is 0 Å². The molecular weight excluding hydrogens is 268 g/mol. The fourth-order valence-electron chi connectivity index (χ4n) is 2.24. The predicted molar refractivity (Wildman–Crippen MR) is 76.4 cm³/mol. The first-order valence-electron chi connectivity index (χ1n) is 6.32. The van der Waals surface area contributed by atoms with Crippen LogP contribution in [-0.4, -0.2) is 29.5 Å². The Bertz CT molecular complexity index is 681. The second kappa shape index (κ2) is 6.53. The average molecular weight is 280 g/mol. The molecule has 0 aromatic heterocycles. The summed E-state index contributed by atoms with van der Waals surface area (Å²) in [6, 6.07) is 7.93. The second-order valence-electron chi connectivity index (χ2n) is 4.57. The number of benzene rings is 1. The Labute approximate surface area is 121 Å². The van der Waals surface area contributed by atoms with Gasteiger partial charge in [0.1, 0.15) is 11.6 Å². The lowest BCUT2D eigenvalue weighted by molar-refractivity contribution is 0.0959. The van der Waals surface area contributed by atoms with Gasteiger partial charge in [-0.05, 0) is 0 Å². The van der Waals surface area contributed by atoms with Gasteiger partial charge in [-0.25, -0.2) is 9.59 Å².